The number of carbonyl (C=O) groups is 3. The highest BCUT2D eigenvalue weighted by Gasteiger charge is 2.35. The average Bonchev–Trinajstić information content (AvgIpc) is 3.19. The molecule has 0 bridgehead atoms. The Kier molecular flexibility index (Phi) is 6.38. The zero-order chi connectivity index (χ0) is 23.9. The molecule has 0 aliphatic carbocycles. The molecule has 1 saturated heterocycles. The van der Waals surface area contributed by atoms with Crippen molar-refractivity contribution in [3.05, 3.63) is 91.6 Å². The Hall–Kier alpha value is -3.00. The number of aryl methyl sites for hydroxylation is 1. The molecule has 1 aliphatic rings. The third-order valence-electron chi connectivity index (χ3n) is 5.35. The van der Waals surface area contributed by atoms with Gasteiger partial charge >= 0.3 is 5.97 Å². The molecular weight excluding hydrogens is 483 g/mol. The van der Waals surface area contributed by atoms with Gasteiger partial charge in [0.15, 0.2) is 0 Å². The number of carboxylic acids is 1. The molecule has 3 aromatic rings. The van der Waals surface area contributed by atoms with E-state index in [-0.39, 0.29) is 23.3 Å². The van der Waals surface area contributed by atoms with Crippen molar-refractivity contribution >= 4 is 58.2 Å². The number of carbonyl (C=O) groups excluding carboxylic acids is 2. The highest BCUT2D eigenvalue weighted by atomic mass is 35.5. The number of halogens is 2. The highest BCUT2D eigenvalue weighted by Crippen LogP contribution is 2.35. The number of nitrogens with zero attached hydrogens (tertiary/aromatic N) is 2. The molecule has 0 saturated carbocycles. The van der Waals surface area contributed by atoms with Crippen molar-refractivity contribution in [1.82, 2.24) is 9.47 Å². The molecule has 0 radical (unpaired) electrons. The van der Waals surface area contributed by atoms with Crippen molar-refractivity contribution in [2.24, 2.45) is 0 Å². The fourth-order valence-electron chi connectivity index (χ4n) is 3.68. The molecule has 1 aliphatic heterocycles. The van der Waals surface area contributed by atoms with Crippen LogP contribution in [0.5, 0.6) is 0 Å². The molecule has 1 fully saturated rings. The summed E-state index contributed by atoms with van der Waals surface area (Å²) < 4.78 is 1.97. The van der Waals surface area contributed by atoms with Gasteiger partial charge in [-0.15, -0.1) is 0 Å². The molecule has 2 heterocycles. The maximum Gasteiger partial charge on any atom is 0.335 e. The van der Waals surface area contributed by atoms with E-state index >= 15 is 0 Å². The lowest BCUT2D eigenvalue weighted by atomic mass is 10.2. The minimum Gasteiger partial charge on any atom is -0.478 e. The summed E-state index contributed by atoms with van der Waals surface area (Å²) in [4.78, 5) is 38.1. The van der Waals surface area contributed by atoms with Gasteiger partial charge in [-0.05, 0) is 85.3 Å². The smallest absolute Gasteiger partial charge is 0.335 e. The molecule has 0 unspecified atom stereocenters. The number of rotatable bonds is 5. The zero-order valence-electron chi connectivity index (χ0n) is 17.6. The summed E-state index contributed by atoms with van der Waals surface area (Å²) in [5.41, 5.74) is 4.21. The Morgan fingerprint density at radius 3 is 2.39 bits per heavy atom. The van der Waals surface area contributed by atoms with Gasteiger partial charge in [-0.1, -0.05) is 29.3 Å². The van der Waals surface area contributed by atoms with Crippen LogP contribution in [0.4, 0.5) is 4.79 Å². The van der Waals surface area contributed by atoms with Gasteiger partial charge in [-0.2, -0.15) is 0 Å². The Bertz CT molecular complexity index is 1330. The minimum absolute atomic E-state index is 0.0625. The molecule has 6 nitrogen and oxygen atoms in total. The van der Waals surface area contributed by atoms with Gasteiger partial charge in [0.05, 0.1) is 17.0 Å². The average molecular weight is 501 g/mol. The molecule has 168 valence electrons. The quantitative estimate of drug-likeness (QED) is 0.413. The summed E-state index contributed by atoms with van der Waals surface area (Å²) in [5.74, 6) is -1.37. The van der Waals surface area contributed by atoms with Gasteiger partial charge < -0.3 is 9.67 Å². The number of thioether (sulfide) groups is 1. The summed E-state index contributed by atoms with van der Waals surface area (Å²) >= 11 is 13.0. The predicted molar refractivity (Wildman–Crippen MR) is 130 cm³/mol. The van der Waals surface area contributed by atoms with Crippen LogP contribution in [0.2, 0.25) is 10.0 Å². The van der Waals surface area contributed by atoms with Crippen molar-refractivity contribution in [1.29, 1.82) is 0 Å². The summed E-state index contributed by atoms with van der Waals surface area (Å²) in [5, 5.41) is 9.62. The van der Waals surface area contributed by atoms with E-state index < -0.39 is 5.97 Å². The van der Waals surface area contributed by atoms with Gasteiger partial charge in [0.2, 0.25) is 0 Å². The van der Waals surface area contributed by atoms with Gasteiger partial charge in [0, 0.05) is 27.1 Å². The summed E-state index contributed by atoms with van der Waals surface area (Å²) in [6.45, 7) is 3.89. The molecule has 33 heavy (non-hydrogen) atoms. The lowest BCUT2D eigenvalue weighted by molar-refractivity contribution is -0.123. The molecule has 1 N–H and O–H groups in total. The number of hydrogen-bond donors (Lipinski definition) is 1. The van der Waals surface area contributed by atoms with E-state index in [9.17, 15) is 14.4 Å². The highest BCUT2D eigenvalue weighted by molar-refractivity contribution is 8.18. The Labute approximate surface area is 204 Å². The van der Waals surface area contributed by atoms with E-state index in [4.69, 9.17) is 28.3 Å². The van der Waals surface area contributed by atoms with Crippen LogP contribution >= 0.6 is 35.0 Å². The standard InChI is InChI=1S/C24H18Cl2N2O4S/c1-13-9-17(14(2)28(13)19-7-4-15(5-8-19)23(30)31)10-21-22(29)27(24(32)33-21)12-16-3-6-18(25)11-20(16)26/h3-11H,12H2,1-2H3,(H,30,31)/b21-10-. The molecular formula is C24H18Cl2N2O4S. The van der Waals surface area contributed by atoms with Crippen molar-refractivity contribution in [2.75, 3.05) is 0 Å². The summed E-state index contributed by atoms with van der Waals surface area (Å²) in [7, 11) is 0. The maximum absolute atomic E-state index is 13.0. The van der Waals surface area contributed by atoms with Crippen molar-refractivity contribution in [2.45, 2.75) is 20.4 Å². The van der Waals surface area contributed by atoms with Crippen LogP contribution < -0.4 is 0 Å². The largest absolute Gasteiger partial charge is 0.478 e. The number of benzene rings is 2. The second-order valence-electron chi connectivity index (χ2n) is 7.52. The van der Waals surface area contributed by atoms with Crippen LogP contribution in [0.3, 0.4) is 0 Å². The molecule has 1 aromatic heterocycles. The van der Waals surface area contributed by atoms with E-state index in [2.05, 4.69) is 0 Å². The zero-order valence-corrected chi connectivity index (χ0v) is 20.0. The number of hydrogen-bond acceptors (Lipinski definition) is 4. The molecule has 0 spiro atoms. The Morgan fingerprint density at radius 2 is 1.76 bits per heavy atom. The van der Waals surface area contributed by atoms with Gasteiger partial charge in [-0.3, -0.25) is 14.5 Å². The Morgan fingerprint density at radius 1 is 1.06 bits per heavy atom. The first-order valence-corrected chi connectivity index (χ1v) is 11.4. The normalized spacial score (nSPS) is 15.0. The molecule has 2 amide bonds. The summed E-state index contributed by atoms with van der Waals surface area (Å²) in [6, 6.07) is 13.4. The first-order chi connectivity index (χ1) is 15.7. The summed E-state index contributed by atoms with van der Waals surface area (Å²) in [6.07, 6.45) is 1.71. The van der Waals surface area contributed by atoms with Crippen LogP contribution in [0, 0.1) is 13.8 Å². The first-order valence-electron chi connectivity index (χ1n) is 9.87. The van der Waals surface area contributed by atoms with E-state index in [1.807, 2.05) is 24.5 Å². The van der Waals surface area contributed by atoms with Crippen molar-refractivity contribution < 1.29 is 19.5 Å². The minimum atomic E-state index is -0.987. The van der Waals surface area contributed by atoms with Crippen LogP contribution in [-0.2, 0) is 11.3 Å². The number of amides is 2. The van der Waals surface area contributed by atoms with E-state index in [1.54, 1.807) is 48.5 Å². The van der Waals surface area contributed by atoms with Crippen LogP contribution in [0.1, 0.15) is 32.9 Å². The SMILES string of the molecule is Cc1cc(/C=C2\SC(=O)N(Cc3ccc(Cl)cc3Cl)C2=O)c(C)n1-c1ccc(C(=O)O)cc1. The molecule has 4 rings (SSSR count). The monoisotopic (exact) mass is 500 g/mol. The van der Waals surface area contributed by atoms with Crippen molar-refractivity contribution in [3.8, 4) is 5.69 Å². The van der Waals surface area contributed by atoms with Crippen LogP contribution in [0.25, 0.3) is 11.8 Å². The third kappa shape index (κ3) is 4.57. The predicted octanol–water partition coefficient (Wildman–Crippen LogP) is 6.34. The number of aromatic nitrogens is 1. The molecule has 0 atom stereocenters. The fourth-order valence-corrected chi connectivity index (χ4v) is 4.98. The fraction of sp³-hybridized carbons (Fsp3) is 0.125. The molecule has 9 heteroatoms. The number of carboxylic acid groups (broad SMARTS) is 1. The van der Waals surface area contributed by atoms with Crippen LogP contribution in [-0.4, -0.2) is 31.7 Å². The second kappa shape index (κ2) is 9.09. The Balaban J connectivity index is 1.61. The van der Waals surface area contributed by atoms with Gasteiger partial charge in [-0.25, -0.2) is 4.79 Å². The van der Waals surface area contributed by atoms with E-state index in [1.165, 1.54) is 0 Å². The van der Waals surface area contributed by atoms with Gasteiger partial charge in [0.1, 0.15) is 0 Å². The number of imide groups is 1. The van der Waals surface area contributed by atoms with E-state index in [0.717, 1.165) is 39.3 Å². The van der Waals surface area contributed by atoms with Crippen molar-refractivity contribution in [3.63, 3.8) is 0 Å². The van der Waals surface area contributed by atoms with E-state index in [0.29, 0.717) is 20.5 Å². The molecule has 2 aromatic carbocycles. The first kappa shape index (κ1) is 23.2. The topological polar surface area (TPSA) is 79.6 Å². The second-order valence-corrected chi connectivity index (χ2v) is 9.35. The van der Waals surface area contributed by atoms with Crippen LogP contribution in [0.15, 0.2) is 53.4 Å². The lowest BCUT2D eigenvalue weighted by Gasteiger charge is -2.13. The lowest BCUT2D eigenvalue weighted by Crippen LogP contribution is -2.27. The number of aromatic carboxylic acids is 1. The maximum atomic E-state index is 13.0. The van der Waals surface area contributed by atoms with Gasteiger partial charge in [0.25, 0.3) is 11.1 Å². The third-order valence-corrected chi connectivity index (χ3v) is 6.84.